The van der Waals surface area contributed by atoms with Crippen LogP contribution in [0.25, 0.3) is 0 Å². The van der Waals surface area contributed by atoms with E-state index in [1.54, 1.807) is 30.3 Å². The van der Waals surface area contributed by atoms with Gasteiger partial charge in [-0.05, 0) is 23.8 Å². The fraction of sp³-hybridized carbons (Fsp3) is 0.133. The first-order chi connectivity index (χ1) is 9.97. The fourth-order valence-corrected chi connectivity index (χ4v) is 1.82. The molecule has 2 N–H and O–H groups in total. The zero-order chi connectivity index (χ0) is 15.3. The Kier molecular flexibility index (Phi) is 4.47. The summed E-state index contributed by atoms with van der Waals surface area (Å²) in [6, 6.07) is 13.2. The first-order valence-corrected chi connectivity index (χ1v) is 6.22. The van der Waals surface area contributed by atoms with E-state index < -0.39 is 17.8 Å². The molecule has 0 radical (unpaired) electrons. The molecule has 2 rings (SSSR count). The van der Waals surface area contributed by atoms with Crippen molar-refractivity contribution < 1.29 is 18.0 Å². The molecule has 0 unspecified atom stereocenters. The van der Waals surface area contributed by atoms with Crippen molar-refractivity contribution >= 4 is 11.7 Å². The molecule has 0 saturated heterocycles. The third-order valence-corrected chi connectivity index (χ3v) is 2.79. The lowest BCUT2D eigenvalue weighted by Gasteiger charge is -2.13. The van der Waals surface area contributed by atoms with Crippen molar-refractivity contribution in [2.75, 3.05) is 5.32 Å². The maximum Gasteiger partial charge on any atom is 0.416 e. The molecular formula is C15H13F3N2O. The molecule has 0 spiro atoms. The van der Waals surface area contributed by atoms with E-state index in [4.69, 9.17) is 0 Å². The lowest BCUT2D eigenvalue weighted by Crippen LogP contribution is -2.29. The van der Waals surface area contributed by atoms with Crippen LogP contribution in [0.1, 0.15) is 11.1 Å². The molecule has 0 aromatic heterocycles. The van der Waals surface area contributed by atoms with E-state index in [0.717, 1.165) is 6.07 Å². The highest BCUT2D eigenvalue weighted by molar-refractivity contribution is 5.89. The number of hydrogen-bond acceptors (Lipinski definition) is 1. The van der Waals surface area contributed by atoms with Crippen molar-refractivity contribution in [3.63, 3.8) is 0 Å². The number of alkyl halides is 3. The molecule has 0 saturated carbocycles. The van der Waals surface area contributed by atoms with Gasteiger partial charge < -0.3 is 10.6 Å². The Labute approximate surface area is 119 Å². The van der Waals surface area contributed by atoms with Crippen LogP contribution < -0.4 is 10.6 Å². The second-order valence-electron chi connectivity index (χ2n) is 4.33. The van der Waals surface area contributed by atoms with Gasteiger partial charge in [0.1, 0.15) is 0 Å². The standard InChI is InChI=1S/C15H13F3N2O/c16-15(17,18)13-9-5-4-6-11(13)10-19-14(21)20-12-7-2-1-3-8-12/h1-9H,10H2,(H2,19,20,21). The van der Waals surface area contributed by atoms with Gasteiger partial charge in [0.15, 0.2) is 0 Å². The zero-order valence-corrected chi connectivity index (χ0v) is 10.9. The fourth-order valence-electron chi connectivity index (χ4n) is 1.82. The summed E-state index contributed by atoms with van der Waals surface area (Å²) in [7, 11) is 0. The van der Waals surface area contributed by atoms with Crippen LogP contribution >= 0.6 is 0 Å². The summed E-state index contributed by atoms with van der Waals surface area (Å²) in [4.78, 5) is 11.6. The smallest absolute Gasteiger partial charge is 0.334 e. The second-order valence-corrected chi connectivity index (χ2v) is 4.33. The molecular weight excluding hydrogens is 281 g/mol. The van der Waals surface area contributed by atoms with Crippen LogP contribution in [0.2, 0.25) is 0 Å². The van der Waals surface area contributed by atoms with Crippen LogP contribution in [0.15, 0.2) is 54.6 Å². The second kappa shape index (κ2) is 6.30. The van der Waals surface area contributed by atoms with E-state index in [9.17, 15) is 18.0 Å². The van der Waals surface area contributed by atoms with Gasteiger partial charge in [0.25, 0.3) is 0 Å². The lowest BCUT2D eigenvalue weighted by atomic mass is 10.1. The van der Waals surface area contributed by atoms with Crippen molar-refractivity contribution in [3.05, 3.63) is 65.7 Å². The molecule has 3 nitrogen and oxygen atoms in total. The number of hydrogen-bond donors (Lipinski definition) is 2. The van der Waals surface area contributed by atoms with Crippen LogP contribution in [-0.4, -0.2) is 6.03 Å². The largest absolute Gasteiger partial charge is 0.416 e. The summed E-state index contributed by atoms with van der Waals surface area (Å²) in [5.74, 6) is 0. The molecule has 0 aliphatic carbocycles. The highest BCUT2D eigenvalue weighted by atomic mass is 19.4. The van der Waals surface area contributed by atoms with Gasteiger partial charge in [0.05, 0.1) is 5.56 Å². The van der Waals surface area contributed by atoms with Crippen molar-refractivity contribution in [3.8, 4) is 0 Å². The number of urea groups is 1. The molecule has 2 amide bonds. The molecule has 0 aliphatic heterocycles. The number of rotatable bonds is 3. The van der Waals surface area contributed by atoms with E-state index in [2.05, 4.69) is 10.6 Å². The topological polar surface area (TPSA) is 41.1 Å². The Morgan fingerprint density at radius 2 is 1.57 bits per heavy atom. The van der Waals surface area contributed by atoms with E-state index in [1.165, 1.54) is 18.2 Å². The van der Waals surface area contributed by atoms with Gasteiger partial charge in [-0.1, -0.05) is 36.4 Å². The van der Waals surface area contributed by atoms with E-state index in [1.807, 2.05) is 0 Å². The van der Waals surface area contributed by atoms with E-state index in [0.29, 0.717) is 5.69 Å². The molecule has 110 valence electrons. The first kappa shape index (κ1) is 14.9. The Morgan fingerprint density at radius 1 is 0.952 bits per heavy atom. The van der Waals surface area contributed by atoms with Gasteiger partial charge in [0, 0.05) is 12.2 Å². The van der Waals surface area contributed by atoms with Gasteiger partial charge in [-0.15, -0.1) is 0 Å². The highest BCUT2D eigenvalue weighted by Gasteiger charge is 2.32. The normalized spacial score (nSPS) is 11.0. The van der Waals surface area contributed by atoms with Crippen LogP contribution in [0.5, 0.6) is 0 Å². The summed E-state index contributed by atoms with van der Waals surface area (Å²) < 4.78 is 38.4. The van der Waals surface area contributed by atoms with Crippen LogP contribution in [0, 0.1) is 0 Å². The number of anilines is 1. The maximum atomic E-state index is 12.8. The summed E-state index contributed by atoms with van der Waals surface area (Å²) in [6.07, 6.45) is -4.44. The molecule has 2 aromatic rings. The Morgan fingerprint density at radius 3 is 2.24 bits per heavy atom. The minimum Gasteiger partial charge on any atom is -0.334 e. The average molecular weight is 294 g/mol. The van der Waals surface area contributed by atoms with E-state index in [-0.39, 0.29) is 12.1 Å². The van der Waals surface area contributed by atoms with Gasteiger partial charge in [-0.3, -0.25) is 0 Å². The average Bonchev–Trinajstić information content (AvgIpc) is 2.45. The Hall–Kier alpha value is -2.50. The number of halogens is 3. The Bertz CT molecular complexity index is 612. The van der Waals surface area contributed by atoms with Gasteiger partial charge >= 0.3 is 12.2 Å². The van der Waals surface area contributed by atoms with Crippen LogP contribution in [0.4, 0.5) is 23.7 Å². The molecule has 0 fully saturated rings. The first-order valence-electron chi connectivity index (χ1n) is 6.22. The quantitative estimate of drug-likeness (QED) is 0.881. The molecule has 2 aromatic carbocycles. The molecule has 6 heteroatoms. The number of carbonyl (C=O) groups is 1. The molecule has 21 heavy (non-hydrogen) atoms. The lowest BCUT2D eigenvalue weighted by molar-refractivity contribution is -0.138. The van der Waals surface area contributed by atoms with Crippen molar-refractivity contribution in [2.24, 2.45) is 0 Å². The summed E-state index contributed by atoms with van der Waals surface area (Å²) in [5.41, 5.74) is -0.155. The minimum absolute atomic E-state index is 0.0215. The predicted molar refractivity (Wildman–Crippen MR) is 73.7 cm³/mol. The number of para-hydroxylation sites is 1. The van der Waals surface area contributed by atoms with Crippen LogP contribution in [0.3, 0.4) is 0 Å². The summed E-state index contributed by atoms with van der Waals surface area (Å²) >= 11 is 0. The SMILES string of the molecule is O=C(NCc1ccccc1C(F)(F)F)Nc1ccccc1. The third-order valence-electron chi connectivity index (χ3n) is 2.79. The number of benzene rings is 2. The van der Waals surface area contributed by atoms with Gasteiger partial charge in [0.2, 0.25) is 0 Å². The highest BCUT2D eigenvalue weighted by Crippen LogP contribution is 2.31. The van der Waals surface area contributed by atoms with E-state index >= 15 is 0 Å². The van der Waals surface area contributed by atoms with Crippen molar-refractivity contribution in [1.29, 1.82) is 0 Å². The number of carbonyl (C=O) groups excluding carboxylic acids is 1. The summed E-state index contributed by atoms with van der Waals surface area (Å²) in [5, 5.41) is 4.95. The number of nitrogens with one attached hydrogen (secondary N) is 2. The zero-order valence-electron chi connectivity index (χ0n) is 10.9. The molecule has 0 bridgehead atoms. The van der Waals surface area contributed by atoms with Crippen molar-refractivity contribution in [1.82, 2.24) is 5.32 Å². The molecule has 0 atom stereocenters. The van der Waals surface area contributed by atoms with Gasteiger partial charge in [-0.25, -0.2) is 4.79 Å². The molecule has 0 aliphatic rings. The van der Waals surface area contributed by atoms with Crippen molar-refractivity contribution in [2.45, 2.75) is 12.7 Å². The maximum absolute atomic E-state index is 12.8. The number of amides is 2. The Balaban J connectivity index is 1.99. The summed E-state index contributed by atoms with van der Waals surface area (Å²) in [6.45, 7) is -0.200. The monoisotopic (exact) mass is 294 g/mol. The minimum atomic E-state index is -4.44. The third kappa shape index (κ3) is 4.24. The van der Waals surface area contributed by atoms with Gasteiger partial charge in [-0.2, -0.15) is 13.2 Å². The van der Waals surface area contributed by atoms with Crippen LogP contribution in [-0.2, 0) is 12.7 Å². The predicted octanol–water partition coefficient (Wildman–Crippen LogP) is 4.03. The molecule has 0 heterocycles.